The molecule has 2 aliphatic rings. The van der Waals surface area contributed by atoms with Crippen molar-refractivity contribution in [1.82, 2.24) is 5.32 Å². The summed E-state index contributed by atoms with van der Waals surface area (Å²) in [6.07, 6.45) is 5.48. The van der Waals surface area contributed by atoms with E-state index in [-0.39, 0.29) is 18.5 Å². The topological polar surface area (TPSA) is 66.5 Å². The van der Waals surface area contributed by atoms with Gasteiger partial charge in [-0.3, -0.25) is 19.3 Å². The quantitative estimate of drug-likeness (QED) is 0.868. The number of aryl methyl sites for hydroxylation is 1. The molecule has 1 fully saturated rings. The third-order valence-corrected chi connectivity index (χ3v) is 4.40. The minimum absolute atomic E-state index is 0.0862. The van der Waals surface area contributed by atoms with Crippen molar-refractivity contribution in [2.75, 3.05) is 11.4 Å². The first-order chi connectivity index (χ1) is 10.6. The predicted molar refractivity (Wildman–Crippen MR) is 82.9 cm³/mol. The van der Waals surface area contributed by atoms with E-state index in [4.69, 9.17) is 0 Å². The molecule has 2 amide bonds. The lowest BCUT2D eigenvalue weighted by Gasteiger charge is -2.24. The zero-order chi connectivity index (χ0) is 15.7. The molecule has 5 heteroatoms. The average molecular weight is 300 g/mol. The summed E-state index contributed by atoms with van der Waals surface area (Å²) in [6, 6.07) is 5.49. The molecular formula is C17H20N2O3. The number of Topliss-reactive ketones (excluding diaryl/α,β-unsaturated/α-hetero) is 1. The predicted octanol–water partition coefficient (Wildman–Crippen LogP) is 1.97. The fourth-order valence-corrected chi connectivity index (χ4v) is 3.24. The van der Waals surface area contributed by atoms with E-state index in [1.807, 2.05) is 13.0 Å². The van der Waals surface area contributed by atoms with Gasteiger partial charge in [0.2, 0.25) is 5.91 Å². The Morgan fingerprint density at radius 1 is 1.23 bits per heavy atom. The SMILES string of the molecule is Cc1ccc2c(c1)C(=O)C(=O)N2CC(=O)NC1CCCCC1. The van der Waals surface area contributed by atoms with Crippen LogP contribution in [0.5, 0.6) is 0 Å². The molecule has 116 valence electrons. The van der Waals surface area contributed by atoms with Crippen molar-refractivity contribution >= 4 is 23.3 Å². The molecule has 1 aromatic carbocycles. The van der Waals surface area contributed by atoms with Gasteiger partial charge in [0, 0.05) is 6.04 Å². The monoisotopic (exact) mass is 300 g/mol. The van der Waals surface area contributed by atoms with Crippen molar-refractivity contribution in [3.05, 3.63) is 29.3 Å². The molecule has 1 N–H and O–H groups in total. The molecular weight excluding hydrogens is 280 g/mol. The summed E-state index contributed by atoms with van der Waals surface area (Å²) in [5.74, 6) is -1.33. The normalized spacial score (nSPS) is 18.5. The van der Waals surface area contributed by atoms with Gasteiger partial charge in [-0.2, -0.15) is 0 Å². The Balaban J connectivity index is 1.71. The Kier molecular flexibility index (Phi) is 3.96. The highest BCUT2D eigenvalue weighted by Gasteiger charge is 2.36. The van der Waals surface area contributed by atoms with Crippen molar-refractivity contribution in [2.24, 2.45) is 0 Å². The minimum atomic E-state index is -0.612. The maximum Gasteiger partial charge on any atom is 0.299 e. The van der Waals surface area contributed by atoms with Crippen LogP contribution in [0.1, 0.15) is 48.0 Å². The van der Waals surface area contributed by atoms with E-state index in [1.54, 1.807) is 12.1 Å². The second-order valence-electron chi connectivity index (χ2n) is 6.14. The summed E-state index contributed by atoms with van der Waals surface area (Å²) in [5, 5.41) is 2.98. The van der Waals surface area contributed by atoms with Crippen LogP contribution in [-0.2, 0) is 9.59 Å². The first-order valence-electron chi connectivity index (χ1n) is 7.82. The number of fused-ring (bicyclic) bond motifs is 1. The van der Waals surface area contributed by atoms with Crippen molar-refractivity contribution in [1.29, 1.82) is 0 Å². The van der Waals surface area contributed by atoms with E-state index < -0.39 is 11.7 Å². The number of carbonyl (C=O) groups is 3. The highest BCUT2D eigenvalue weighted by Crippen LogP contribution is 2.29. The maximum absolute atomic E-state index is 12.2. The van der Waals surface area contributed by atoms with Gasteiger partial charge in [0.1, 0.15) is 6.54 Å². The minimum Gasteiger partial charge on any atom is -0.352 e. The lowest BCUT2D eigenvalue weighted by Crippen LogP contribution is -2.44. The van der Waals surface area contributed by atoms with Crippen LogP contribution in [0.2, 0.25) is 0 Å². The number of hydrogen-bond acceptors (Lipinski definition) is 3. The number of amides is 2. The molecule has 3 rings (SSSR count). The van der Waals surface area contributed by atoms with E-state index in [0.29, 0.717) is 11.3 Å². The third-order valence-electron chi connectivity index (χ3n) is 4.40. The zero-order valence-electron chi connectivity index (χ0n) is 12.7. The average Bonchev–Trinajstić information content (AvgIpc) is 2.73. The largest absolute Gasteiger partial charge is 0.352 e. The second-order valence-corrected chi connectivity index (χ2v) is 6.14. The third kappa shape index (κ3) is 2.75. The highest BCUT2D eigenvalue weighted by atomic mass is 16.2. The smallest absolute Gasteiger partial charge is 0.299 e. The van der Waals surface area contributed by atoms with Crippen LogP contribution in [0.15, 0.2) is 18.2 Å². The van der Waals surface area contributed by atoms with Gasteiger partial charge in [0.05, 0.1) is 11.3 Å². The molecule has 1 aromatic rings. The van der Waals surface area contributed by atoms with Gasteiger partial charge in [-0.1, -0.05) is 30.9 Å². The van der Waals surface area contributed by atoms with Crippen LogP contribution in [-0.4, -0.2) is 30.2 Å². The van der Waals surface area contributed by atoms with E-state index in [0.717, 1.165) is 31.2 Å². The number of ketones is 1. The lowest BCUT2D eigenvalue weighted by atomic mass is 9.95. The molecule has 0 bridgehead atoms. The summed E-state index contributed by atoms with van der Waals surface area (Å²) in [7, 11) is 0. The van der Waals surface area contributed by atoms with Gasteiger partial charge in [-0.05, 0) is 31.9 Å². The number of hydrogen-bond donors (Lipinski definition) is 1. The van der Waals surface area contributed by atoms with Gasteiger partial charge in [0.15, 0.2) is 0 Å². The number of nitrogens with zero attached hydrogens (tertiary/aromatic N) is 1. The van der Waals surface area contributed by atoms with E-state index >= 15 is 0 Å². The molecule has 22 heavy (non-hydrogen) atoms. The molecule has 0 aromatic heterocycles. The Bertz CT molecular complexity index is 633. The summed E-state index contributed by atoms with van der Waals surface area (Å²) < 4.78 is 0. The summed E-state index contributed by atoms with van der Waals surface area (Å²) in [4.78, 5) is 37.6. The van der Waals surface area contributed by atoms with E-state index in [2.05, 4.69) is 5.32 Å². The molecule has 1 heterocycles. The van der Waals surface area contributed by atoms with Gasteiger partial charge >= 0.3 is 0 Å². The maximum atomic E-state index is 12.2. The number of anilines is 1. The molecule has 0 unspecified atom stereocenters. The fourth-order valence-electron chi connectivity index (χ4n) is 3.24. The first kappa shape index (κ1) is 14.8. The number of nitrogens with one attached hydrogen (secondary N) is 1. The van der Waals surface area contributed by atoms with Gasteiger partial charge in [-0.15, -0.1) is 0 Å². The number of benzene rings is 1. The molecule has 5 nitrogen and oxygen atoms in total. The standard InChI is InChI=1S/C17H20N2O3/c1-11-7-8-14-13(9-11)16(21)17(22)19(14)10-15(20)18-12-5-3-2-4-6-12/h7-9,12H,2-6,10H2,1H3,(H,18,20). The molecule has 1 aliphatic heterocycles. The Hall–Kier alpha value is -2.17. The highest BCUT2D eigenvalue weighted by molar-refractivity contribution is 6.52. The summed E-state index contributed by atoms with van der Waals surface area (Å²) in [6.45, 7) is 1.79. The van der Waals surface area contributed by atoms with Crippen LogP contribution in [0.3, 0.4) is 0 Å². The second kappa shape index (κ2) is 5.91. The molecule has 1 aliphatic carbocycles. The Labute approximate surface area is 129 Å². The lowest BCUT2D eigenvalue weighted by molar-refractivity contribution is -0.122. The zero-order valence-corrected chi connectivity index (χ0v) is 12.7. The van der Waals surface area contributed by atoms with Crippen LogP contribution in [0.4, 0.5) is 5.69 Å². The Morgan fingerprint density at radius 2 is 1.95 bits per heavy atom. The van der Waals surface area contributed by atoms with Crippen molar-refractivity contribution in [2.45, 2.75) is 45.1 Å². The van der Waals surface area contributed by atoms with Crippen molar-refractivity contribution < 1.29 is 14.4 Å². The molecule has 0 spiro atoms. The molecule has 0 atom stereocenters. The van der Waals surface area contributed by atoms with Crippen molar-refractivity contribution in [3.8, 4) is 0 Å². The van der Waals surface area contributed by atoms with Crippen LogP contribution in [0, 0.1) is 6.92 Å². The first-order valence-corrected chi connectivity index (χ1v) is 7.82. The van der Waals surface area contributed by atoms with Crippen LogP contribution >= 0.6 is 0 Å². The van der Waals surface area contributed by atoms with Gasteiger partial charge in [0.25, 0.3) is 11.7 Å². The van der Waals surface area contributed by atoms with Gasteiger partial charge < -0.3 is 5.32 Å². The summed E-state index contributed by atoms with van der Waals surface area (Å²) >= 11 is 0. The van der Waals surface area contributed by atoms with Gasteiger partial charge in [-0.25, -0.2) is 0 Å². The fraction of sp³-hybridized carbons (Fsp3) is 0.471. The number of carbonyl (C=O) groups excluding carboxylic acids is 3. The molecule has 0 radical (unpaired) electrons. The van der Waals surface area contributed by atoms with Crippen molar-refractivity contribution in [3.63, 3.8) is 0 Å². The Morgan fingerprint density at radius 3 is 2.68 bits per heavy atom. The van der Waals surface area contributed by atoms with E-state index in [1.165, 1.54) is 11.3 Å². The van der Waals surface area contributed by atoms with Crippen LogP contribution < -0.4 is 10.2 Å². The molecule has 1 saturated carbocycles. The molecule has 0 saturated heterocycles. The van der Waals surface area contributed by atoms with E-state index in [9.17, 15) is 14.4 Å². The van der Waals surface area contributed by atoms with Crippen LogP contribution in [0.25, 0.3) is 0 Å². The summed E-state index contributed by atoms with van der Waals surface area (Å²) in [5.41, 5.74) is 1.86. The number of rotatable bonds is 3.